The maximum atomic E-state index is 12.5. The maximum absolute atomic E-state index is 12.5. The highest BCUT2D eigenvalue weighted by Crippen LogP contribution is 2.25. The molecule has 1 fully saturated rings. The number of rotatable bonds is 2. The fraction of sp³-hybridized carbons (Fsp3) is 0.846. The summed E-state index contributed by atoms with van der Waals surface area (Å²) in [6, 6.07) is 0.156. The SMILES string of the molecule is CC1CCCC(C)N1C(=O)N(C)C(C)(C)C(=O)O. The van der Waals surface area contributed by atoms with Gasteiger partial charge in [-0.25, -0.2) is 9.59 Å². The van der Waals surface area contributed by atoms with Gasteiger partial charge in [-0.1, -0.05) is 0 Å². The molecule has 5 heteroatoms. The predicted molar refractivity (Wildman–Crippen MR) is 69.5 cm³/mol. The number of hydrogen-bond donors (Lipinski definition) is 1. The Labute approximate surface area is 109 Å². The van der Waals surface area contributed by atoms with Crippen LogP contribution in [-0.4, -0.2) is 51.6 Å². The molecular weight excluding hydrogens is 232 g/mol. The van der Waals surface area contributed by atoms with Gasteiger partial charge in [0, 0.05) is 19.1 Å². The van der Waals surface area contributed by atoms with E-state index in [9.17, 15) is 14.7 Å². The van der Waals surface area contributed by atoms with Crippen molar-refractivity contribution in [2.24, 2.45) is 0 Å². The van der Waals surface area contributed by atoms with Gasteiger partial charge in [0.2, 0.25) is 0 Å². The van der Waals surface area contributed by atoms with Crippen LogP contribution in [0, 0.1) is 0 Å². The standard InChI is InChI=1S/C13H24N2O3/c1-9-7-6-8-10(2)15(9)12(18)14(5)13(3,4)11(16)17/h9-10H,6-8H2,1-5H3,(H,16,17). The van der Waals surface area contributed by atoms with Crippen molar-refractivity contribution >= 4 is 12.0 Å². The Kier molecular flexibility index (Phi) is 4.24. The van der Waals surface area contributed by atoms with Gasteiger partial charge in [-0.2, -0.15) is 0 Å². The lowest BCUT2D eigenvalue weighted by molar-refractivity contribution is -0.147. The minimum absolute atomic E-state index is 0.174. The Balaban J connectivity index is 2.89. The molecule has 0 bridgehead atoms. The van der Waals surface area contributed by atoms with Crippen LogP contribution < -0.4 is 0 Å². The first-order valence-corrected chi connectivity index (χ1v) is 6.49. The Hall–Kier alpha value is -1.26. The van der Waals surface area contributed by atoms with Crippen LogP contribution in [0.3, 0.4) is 0 Å². The summed E-state index contributed by atoms with van der Waals surface area (Å²) < 4.78 is 0. The van der Waals surface area contributed by atoms with Crippen molar-refractivity contribution in [3.63, 3.8) is 0 Å². The van der Waals surface area contributed by atoms with E-state index in [1.54, 1.807) is 20.9 Å². The van der Waals surface area contributed by atoms with Crippen molar-refractivity contribution in [2.75, 3.05) is 7.05 Å². The van der Waals surface area contributed by atoms with Crippen LogP contribution >= 0.6 is 0 Å². The smallest absolute Gasteiger partial charge is 0.329 e. The van der Waals surface area contributed by atoms with Gasteiger partial charge < -0.3 is 14.9 Å². The fourth-order valence-electron chi connectivity index (χ4n) is 2.35. The zero-order chi connectivity index (χ0) is 14.1. The van der Waals surface area contributed by atoms with Crippen LogP contribution in [0.25, 0.3) is 0 Å². The summed E-state index contributed by atoms with van der Waals surface area (Å²) in [4.78, 5) is 26.8. The number of hydrogen-bond acceptors (Lipinski definition) is 2. The van der Waals surface area contributed by atoms with Gasteiger partial charge in [0.15, 0.2) is 0 Å². The van der Waals surface area contributed by atoms with E-state index in [4.69, 9.17) is 0 Å². The zero-order valence-electron chi connectivity index (χ0n) is 11.9. The molecule has 18 heavy (non-hydrogen) atoms. The molecule has 1 rings (SSSR count). The van der Waals surface area contributed by atoms with Crippen LogP contribution in [0.2, 0.25) is 0 Å². The second-order valence-electron chi connectivity index (χ2n) is 5.74. The first kappa shape index (κ1) is 14.8. The van der Waals surface area contributed by atoms with E-state index in [2.05, 4.69) is 0 Å². The minimum Gasteiger partial charge on any atom is -0.480 e. The molecule has 1 saturated heterocycles. The number of carbonyl (C=O) groups is 2. The van der Waals surface area contributed by atoms with E-state index < -0.39 is 11.5 Å². The van der Waals surface area contributed by atoms with Gasteiger partial charge in [0.1, 0.15) is 5.54 Å². The fourth-order valence-corrected chi connectivity index (χ4v) is 2.35. The van der Waals surface area contributed by atoms with Gasteiger partial charge in [0.05, 0.1) is 0 Å². The second-order valence-corrected chi connectivity index (χ2v) is 5.74. The molecule has 104 valence electrons. The van der Waals surface area contributed by atoms with E-state index in [0.29, 0.717) is 0 Å². The number of aliphatic carboxylic acids is 1. The minimum atomic E-state index is -1.19. The summed E-state index contributed by atoms with van der Waals surface area (Å²) in [6.07, 6.45) is 3.09. The lowest BCUT2D eigenvalue weighted by Gasteiger charge is -2.43. The summed E-state index contributed by atoms with van der Waals surface area (Å²) in [5.41, 5.74) is -1.19. The highest BCUT2D eigenvalue weighted by molar-refractivity contribution is 5.85. The summed E-state index contributed by atoms with van der Waals surface area (Å²) in [5.74, 6) is -0.990. The van der Waals surface area contributed by atoms with Crippen molar-refractivity contribution in [1.82, 2.24) is 9.80 Å². The number of carbonyl (C=O) groups excluding carboxylic acids is 1. The molecule has 1 N–H and O–H groups in total. The highest BCUT2D eigenvalue weighted by Gasteiger charge is 2.40. The molecule has 1 aliphatic rings. The third kappa shape index (κ3) is 2.60. The number of likely N-dealkylation sites (N-methyl/N-ethyl adjacent to an activating group) is 1. The van der Waals surface area contributed by atoms with Gasteiger partial charge in [0.25, 0.3) is 0 Å². The van der Waals surface area contributed by atoms with E-state index in [1.165, 1.54) is 4.90 Å². The third-order valence-electron chi connectivity index (χ3n) is 4.06. The number of piperidine rings is 1. The summed E-state index contributed by atoms with van der Waals surface area (Å²) >= 11 is 0. The Morgan fingerprint density at radius 1 is 1.22 bits per heavy atom. The Morgan fingerprint density at radius 3 is 2.06 bits per heavy atom. The number of urea groups is 1. The monoisotopic (exact) mass is 256 g/mol. The number of amides is 2. The number of carboxylic acid groups (broad SMARTS) is 1. The van der Waals surface area contributed by atoms with E-state index in [-0.39, 0.29) is 18.1 Å². The average Bonchev–Trinajstić information content (AvgIpc) is 2.27. The Bertz CT molecular complexity index is 331. The summed E-state index contributed by atoms with van der Waals surface area (Å²) in [6.45, 7) is 7.14. The molecular formula is C13H24N2O3. The largest absolute Gasteiger partial charge is 0.480 e. The van der Waals surface area contributed by atoms with Crippen molar-refractivity contribution in [2.45, 2.75) is 64.6 Å². The van der Waals surface area contributed by atoms with E-state index >= 15 is 0 Å². The summed E-state index contributed by atoms with van der Waals surface area (Å²) in [5, 5.41) is 9.18. The molecule has 2 atom stereocenters. The van der Waals surface area contributed by atoms with Crippen molar-refractivity contribution < 1.29 is 14.7 Å². The Morgan fingerprint density at radius 2 is 1.67 bits per heavy atom. The van der Waals surface area contributed by atoms with Crippen LogP contribution in [0.1, 0.15) is 47.0 Å². The molecule has 0 aliphatic carbocycles. The van der Waals surface area contributed by atoms with Crippen molar-refractivity contribution in [3.8, 4) is 0 Å². The van der Waals surface area contributed by atoms with Gasteiger partial charge >= 0.3 is 12.0 Å². The van der Waals surface area contributed by atoms with E-state index in [0.717, 1.165) is 19.3 Å². The molecule has 0 saturated carbocycles. The molecule has 0 radical (unpaired) electrons. The molecule has 2 unspecified atom stereocenters. The zero-order valence-corrected chi connectivity index (χ0v) is 11.9. The van der Waals surface area contributed by atoms with Crippen molar-refractivity contribution in [3.05, 3.63) is 0 Å². The maximum Gasteiger partial charge on any atom is 0.329 e. The quantitative estimate of drug-likeness (QED) is 0.823. The molecule has 0 spiro atoms. The first-order valence-electron chi connectivity index (χ1n) is 6.49. The molecule has 5 nitrogen and oxygen atoms in total. The second kappa shape index (κ2) is 5.16. The third-order valence-corrected chi connectivity index (χ3v) is 4.06. The van der Waals surface area contributed by atoms with Gasteiger partial charge in [-0.3, -0.25) is 0 Å². The van der Waals surface area contributed by atoms with Crippen LogP contribution in [-0.2, 0) is 4.79 Å². The molecule has 1 aliphatic heterocycles. The molecule has 2 amide bonds. The number of carboxylic acids is 1. The van der Waals surface area contributed by atoms with Crippen LogP contribution in [0.4, 0.5) is 4.79 Å². The van der Waals surface area contributed by atoms with Crippen molar-refractivity contribution in [1.29, 1.82) is 0 Å². The highest BCUT2D eigenvalue weighted by atomic mass is 16.4. The molecule has 0 aromatic rings. The normalized spacial score (nSPS) is 24.8. The van der Waals surface area contributed by atoms with E-state index in [1.807, 2.05) is 18.7 Å². The first-order chi connectivity index (χ1) is 8.19. The lowest BCUT2D eigenvalue weighted by Crippen LogP contribution is -2.59. The number of nitrogens with zero attached hydrogens (tertiary/aromatic N) is 2. The molecule has 1 heterocycles. The number of likely N-dealkylation sites (tertiary alicyclic amines) is 1. The average molecular weight is 256 g/mol. The molecule has 0 aromatic carbocycles. The van der Waals surface area contributed by atoms with Crippen LogP contribution in [0.15, 0.2) is 0 Å². The summed E-state index contributed by atoms with van der Waals surface area (Å²) in [7, 11) is 1.56. The van der Waals surface area contributed by atoms with Gasteiger partial charge in [-0.15, -0.1) is 0 Å². The molecule has 0 aromatic heterocycles. The topological polar surface area (TPSA) is 60.9 Å². The van der Waals surface area contributed by atoms with Crippen LogP contribution in [0.5, 0.6) is 0 Å². The van der Waals surface area contributed by atoms with Gasteiger partial charge in [-0.05, 0) is 47.0 Å². The predicted octanol–water partition coefficient (Wildman–Crippen LogP) is 2.16. The lowest BCUT2D eigenvalue weighted by atomic mass is 9.97.